The number of carbonyl (C=O) groups is 4. The second-order valence-electron chi connectivity index (χ2n) is 6.67. The van der Waals surface area contributed by atoms with Crippen molar-refractivity contribution in [3.05, 3.63) is 59.2 Å². The van der Waals surface area contributed by atoms with Gasteiger partial charge in [0.15, 0.2) is 0 Å². The molecule has 1 unspecified atom stereocenters. The summed E-state index contributed by atoms with van der Waals surface area (Å²) in [5.74, 6) is -4.90. The molecule has 1 aromatic carbocycles. The number of rotatable bonds is 6. The Morgan fingerprint density at radius 2 is 1.66 bits per heavy atom. The van der Waals surface area contributed by atoms with Gasteiger partial charge in [0.2, 0.25) is 0 Å². The fourth-order valence-electron chi connectivity index (χ4n) is 3.69. The van der Waals surface area contributed by atoms with Gasteiger partial charge in [-0.05, 0) is 35.4 Å². The lowest BCUT2D eigenvalue weighted by Crippen LogP contribution is -2.64. The van der Waals surface area contributed by atoms with Crippen LogP contribution in [0.4, 0.5) is 5.69 Å². The van der Waals surface area contributed by atoms with Crippen molar-refractivity contribution >= 4 is 36.1 Å². The maximum atomic E-state index is 12.0. The Bertz CT molecular complexity index is 979. The first-order valence-corrected chi connectivity index (χ1v) is 9.40. The van der Waals surface area contributed by atoms with Crippen LogP contribution in [-0.2, 0) is 19.2 Å². The zero-order valence-electron chi connectivity index (χ0n) is 16.7. The Labute approximate surface area is 183 Å². The molecule has 11 nitrogen and oxygen atoms in total. The zero-order valence-corrected chi connectivity index (χ0v) is 16.7. The topological polar surface area (TPSA) is 188 Å². The zero-order chi connectivity index (χ0) is 23.7. The monoisotopic (exact) mass is 441 g/mol. The SMILES string of the molecule is O=C([O-])C=C(C(=O)[O-])C1(N2CCNCC2)Nc2ccccc2C=C1/C=C/C(=O)[O-].O=C[O-]. The van der Waals surface area contributed by atoms with Gasteiger partial charge in [0.25, 0.3) is 0 Å². The fraction of sp³-hybridized carbons (Fsp3) is 0.238. The summed E-state index contributed by atoms with van der Waals surface area (Å²) in [5, 5.41) is 48.9. The second kappa shape index (κ2) is 10.9. The highest BCUT2D eigenvalue weighted by Gasteiger charge is 2.46. The molecule has 3 rings (SSSR count). The molecule has 0 amide bonds. The van der Waals surface area contributed by atoms with E-state index in [1.54, 1.807) is 35.2 Å². The minimum absolute atomic E-state index is 0.221. The highest BCUT2D eigenvalue weighted by Crippen LogP contribution is 2.41. The molecule has 170 valence electrons. The summed E-state index contributed by atoms with van der Waals surface area (Å²) in [7, 11) is 0. The Morgan fingerprint density at radius 1 is 1.03 bits per heavy atom. The number of fused-ring (bicyclic) bond motifs is 1. The normalized spacial score (nSPS) is 20.8. The largest absolute Gasteiger partial charge is 0.554 e. The summed E-state index contributed by atoms with van der Waals surface area (Å²) in [4.78, 5) is 44.4. The smallest absolute Gasteiger partial charge is 0.146 e. The molecule has 1 saturated heterocycles. The van der Waals surface area contributed by atoms with E-state index in [1.807, 2.05) is 0 Å². The molecule has 2 N–H and O–H groups in total. The Balaban J connectivity index is 0.00000114. The summed E-state index contributed by atoms with van der Waals surface area (Å²) in [5.41, 5.74) is -0.812. The molecule has 0 saturated carbocycles. The van der Waals surface area contributed by atoms with Crippen LogP contribution in [0.2, 0.25) is 0 Å². The lowest BCUT2D eigenvalue weighted by atomic mass is 9.82. The van der Waals surface area contributed by atoms with Gasteiger partial charge in [-0.15, -0.1) is 0 Å². The van der Waals surface area contributed by atoms with E-state index in [9.17, 15) is 29.7 Å². The van der Waals surface area contributed by atoms with Crippen molar-refractivity contribution in [2.24, 2.45) is 0 Å². The number of anilines is 1. The van der Waals surface area contributed by atoms with Crippen molar-refractivity contribution < 1.29 is 39.6 Å². The molecule has 0 radical (unpaired) electrons. The number of hydrogen-bond donors (Lipinski definition) is 2. The number of nitrogens with one attached hydrogen (secondary N) is 2. The van der Waals surface area contributed by atoms with Crippen molar-refractivity contribution in [3.63, 3.8) is 0 Å². The van der Waals surface area contributed by atoms with Gasteiger partial charge in [-0.3, -0.25) is 4.90 Å². The van der Waals surface area contributed by atoms with Crippen molar-refractivity contribution in [2.45, 2.75) is 5.66 Å². The van der Waals surface area contributed by atoms with E-state index in [0.29, 0.717) is 43.5 Å². The summed E-state index contributed by atoms with van der Waals surface area (Å²) < 4.78 is 0. The Kier molecular flexibility index (Phi) is 8.27. The maximum absolute atomic E-state index is 12.0. The van der Waals surface area contributed by atoms with E-state index in [1.165, 1.54) is 6.08 Å². The van der Waals surface area contributed by atoms with Crippen molar-refractivity contribution in [1.29, 1.82) is 0 Å². The molecule has 11 heteroatoms. The van der Waals surface area contributed by atoms with E-state index < -0.39 is 35.6 Å². The van der Waals surface area contributed by atoms with Crippen molar-refractivity contribution in [1.82, 2.24) is 10.2 Å². The predicted molar refractivity (Wildman–Crippen MR) is 104 cm³/mol. The predicted octanol–water partition coefficient (Wildman–Crippen LogP) is -4.80. The maximum Gasteiger partial charge on any atom is 0.146 e. The average molecular weight is 441 g/mol. The summed E-state index contributed by atoms with van der Waals surface area (Å²) >= 11 is 0. The molecule has 1 aromatic rings. The lowest BCUT2D eigenvalue weighted by molar-refractivity contribution is -0.303. The number of aliphatic carboxylic acids is 3. The summed E-state index contributed by atoms with van der Waals surface area (Å²) in [6, 6.07) is 6.99. The number of hydrogen-bond acceptors (Lipinski definition) is 11. The van der Waals surface area contributed by atoms with Gasteiger partial charge in [0, 0.05) is 43.9 Å². The van der Waals surface area contributed by atoms with Crippen LogP contribution in [0.25, 0.3) is 6.08 Å². The van der Waals surface area contributed by atoms with Gasteiger partial charge >= 0.3 is 0 Å². The van der Waals surface area contributed by atoms with Crippen LogP contribution in [0.3, 0.4) is 0 Å². The first-order valence-electron chi connectivity index (χ1n) is 9.40. The van der Waals surface area contributed by atoms with Crippen LogP contribution < -0.4 is 31.1 Å². The van der Waals surface area contributed by atoms with Crippen LogP contribution in [0, 0.1) is 0 Å². The van der Waals surface area contributed by atoms with E-state index >= 15 is 0 Å². The number of carbonyl (C=O) groups excluding carboxylic acids is 4. The van der Waals surface area contributed by atoms with Crippen molar-refractivity contribution in [2.75, 3.05) is 31.5 Å². The van der Waals surface area contributed by atoms with Gasteiger partial charge < -0.3 is 50.2 Å². The van der Waals surface area contributed by atoms with Crippen LogP contribution in [0.5, 0.6) is 0 Å². The fourth-order valence-corrected chi connectivity index (χ4v) is 3.69. The number of piperazine rings is 1. The molecule has 2 heterocycles. The molecule has 0 aromatic heterocycles. The molecular formula is C21H19N3O8-4. The highest BCUT2D eigenvalue weighted by atomic mass is 16.4. The summed E-state index contributed by atoms with van der Waals surface area (Å²) in [6.07, 6.45) is 4.05. The molecule has 32 heavy (non-hydrogen) atoms. The number of para-hydroxylation sites is 1. The molecule has 2 aliphatic rings. The quantitative estimate of drug-likeness (QED) is 0.318. The molecule has 0 spiro atoms. The standard InChI is InChI=1S/C20H21N3O6.CH2O2/c24-17(25)6-5-14-11-13-3-1-2-4-16(13)22-20(14,23-9-7-21-8-10-23)15(19(28)29)12-18(26)27;2-1-3/h1-6,11-12,21-22H,7-10H2,(H,24,25)(H,26,27)(H,28,29);1H,(H,2,3)/p-4/b6-5+,15-12?;. The number of carboxylic acids is 3. The van der Waals surface area contributed by atoms with Crippen LogP contribution >= 0.6 is 0 Å². The third kappa shape index (κ3) is 5.39. The van der Waals surface area contributed by atoms with Gasteiger partial charge in [-0.25, -0.2) is 0 Å². The van der Waals surface area contributed by atoms with Gasteiger partial charge in [0.1, 0.15) is 5.66 Å². The van der Waals surface area contributed by atoms with Crippen LogP contribution in [0.15, 0.2) is 53.6 Å². The minimum Gasteiger partial charge on any atom is -0.554 e. The molecule has 1 atom stereocenters. The van der Waals surface area contributed by atoms with Gasteiger partial charge in [0.05, 0.1) is 17.9 Å². The molecule has 2 aliphatic heterocycles. The van der Waals surface area contributed by atoms with E-state index in [4.69, 9.17) is 9.90 Å². The van der Waals surface area contributed by atoms with Crippen LogP contribution in [0.1, 0.15) is 5.56 Å². The third-order valence-corrected chi connectivity index (χ3v) is 4.87. The third-order valence-electron chi connectivity index (χ3n) is 4.87. The van der Waals surface area contributed by atoms with Gasteiger partial charge in [-0.2, -0.15) is 0 Å². The minimum atomic E-state index is -1.72. The van der Waals surface area contributed by atoms with E-state index in [0.717, 1.165) is 6.08 Å². The molecule has 1 fully saturated rings. The Hall–Kier alpha value is -3.96. The average Bonchev–Trinajstić information content (AvgIpc) is 2.76. The summed E-state index contributed by atoms with van der Waals surface area (Å²) in [6.45, 7) is 1.27. The first-order chi connectivity index (χ1) is 15.3. The second-order valence-corrected chi connectivity index (χ2v) is 6.67. The molecule has 0 bridgehead atoms. The van der Waals surface area contributed by atoms with E-state index in [-0.39, 0.29) is 5.57 Å². The lowest BCUT2D eigenvalue weighted by Gasteiger charge is -2.51. The molecular weight excluding hydrogens is 422 g/mol. The molecule has 0 aliphatic carbocycles. The van der Waals surface area contributed by atoms with E-state index in [2.05, 4.69) is 10.6 Å². The number of benzene rings is 1. The van der Waals surface area contributed by atoms with Crippen molar-refractivity contribution in [3.8, 4) is 0 Å². The number of carboxylic acid groups (broad SMARTS) is 4. The first kappa shape index (κ1) is 24.3. The highest BCUT2D eigenvalue weighted by molar-refractivity contribution is 5.98. The van der Waals surface area contributed by atoms with Crippen LogP contribution in [-0.4, -0.2) is 61.1 Å². The van der Waals surface area contributed by atoms with Gasteiger partial charge in [-0.1, -0.05) is 24.3 Å². The Morgan fingerprint density at radius 3 is 2.22 bits per heavy atom. The number of nitrogens with zero attached hydrogens (tertiary/aromatic N) is 1.